The summed E-state index contributed by atoms with van der Waals surface area (Å²) in [6, 6.07) is 0. The molecule has 1 saturated carbocycles. The van der Waals surface area contributed by atoms with Gasteiger partial charge in [-0.15, -0.1) is 0 Å². The summed E-state index contributed by atoms with van der Waals surface area (Å²) in [6.45, 7) is 1.71. The molecule has 2 fully saturated rings. The molecule has 1 aliphatic heterocycles. The number of imidazole rings is 1. The van der Waals surface area contributed by atoms with E-state index in [-0.39, 0.29) is 5.91 Å². The Balaban J connectivity index is 1.54. The normalized spacial score (nSPS) is 22.6. The van der Waals surface area contributed by atoms with Gasteiger partial charge >= 0.3 is 0 Å². The summed E-state index contributed by atoms with van der Waals surface area (Å²) >= 11 is 0. The molecule has 1 amide bonds. The summed E-state index contributed by atoms with van der Waals surface area (Å²) in [4.78, 5) is 22.2. The SMILES string of the molecule is COC1(C(=O)N2CCC(Cc3ncc[nH]3)CC2)CCCC1. The van der Waals surface area contributed by atoms with Gasteiger partial charge in [0.05, 0.1) is 0 Å². The molecule has 2 aliphatic rings. The highest BCUT2D eigenvalue weighted by atomic mass is 16.5. The van der Waals surface area contributed by atoms with E-state index in [0.717, 1.165) is 63.9 Å². The lowest BCUT2D eigenvalue weighted by molar-refractivity contribution is -0.155. The number of ether oxygens (including phenoxy) is 1. The third kappa shape index (κ3) is 2.98. The number of aromatic amines is 1. The lowest BCUT2D eigenvalue weighted by atomic mass is 9.91. The first kappa shape index (κ1) is 14.6. The van der Waals surface area contributed by atoms with Crippen LogP contribution in [0.15, 0.2) is 12.4 Å². The number of aromatic nitrogens is 2. The van der Waals surface area contributed by atoms with Crippen LogP contribution in [0.4, 0.5) is 0 Å². The number of hydrogen-bond acceptors (Lipinski definition) is 3. The summed E-state index contributed by atoms with van der Waals surface area (Å²) in [5, 5.41) is 0. The molecule has 0 unspecified atom stereocenters. The number of H-pyrrole nitrogens is 1. The largest absolute Gasteiger partial charge is 0.368 e. The van der Waals surface area contributed by atoms with E-state index >= 15 is 0 Å². The average molecular weight is 291 g/mol. The van der Waals surface area contributed by atoms with Crippen molar-refractivity contribution in [3.05, 3.63) is 18.2 Å². The predicted octanol–water partition coefficient (Wildman–Crippen LogP) is 2.15. The number of carbonyl (C=O) groups is 1. The topological polar surface area (TPSA) is 58.2 Å². The Morgan fingerprint density at radius 2 is 2.14 bits per heavy atom. The van der Waals surface area contributed by atoms with Crippen LogP contribution >= 0.6 is 0 Å². The fourth-order valence-corrected chi connectivity index (χ4v) is 3.76. The minimum atomic E-state index is -0.520. The van der Waals surface area contributed by atoms with Crippen LogP contribution in [-0.2, 0) is 16.0 Å². The maximum Gasteiger partial charge on any atom is 0.254 e. The van der Waals surface area contributed by atoms with Gasteiger partial charge in [0.15, 0.2) is 0 Å². The van der Waals surface area contributed by atoms with E-state index in [1.165, 1.54) is 0 Å². The van der Waals surface area contributed by atoms with Crippen LogP contribution in [-0.4, -0.2) is 46.6 Å². The minimum absolute atomic E-state index is 0.221. The highest BCUT2D eigenvalue weighted by molar-refractivity contribution is 5.85. The number of nitrogens with one attached hydrogen (secondary N) is 1. The molecule has 1 saturated heterocycles. The first-order valence-corrected chi connectivity index (χ1v) is 8.06. The molecular formula is C16H25N3O2. The summed E-state index contributed by atoms with van der Waals surface area (Å²) in [5.41, 5.74) is -0.520. The van der Waals surface area contributed by atoms with E-state index < -0.39 is 5.60 Å². The molecule has 5 heteroatoms. The van der Waals surface area contributed by atoms with Crippen LogP contribution in [0.2, 0.25) is 0 Å². The van der Waals surface area contributed by atoms with Crippen LogP contribution in [0.1, 0.15) is 44.3 Å². The van der Waals surface area contributed by atoms with Gasteiger partial charge in [-0.05, 0) is 44.4 Å². The molecule has 0 radical (unpaired) electrons. The van der Waals surface area contributed by atoms with Crippen molar-refractivity contribution in [2.24, 2.45) is 5.92 Å². The van der Waals surface area contributed by atoms with Crippen LogP contribution < -0.4 is 0 Å². The minimum Gasteiger partial charge on any atom is -0.368 e. The zero-order chi connectivity index (χ0) is 14.7. The van der Waals surface area contributed by atoms with E-state index in [4.69, 9.17) is 4.74 Å². The van der Waals surface area contributed by atoms with Crippen LogP contribution in [0.3, 0.4) is 0 Å². The average Bonchev–Trinajstić information content (AvgIpc) is 3.19. The molecule has 0 bridgehead atoms. The Bertz CT molecular complexity index is 458. The van der Waals surface area contributed by atoms with E-state index in [0.29, 0.717) is 5.92 Å². The summed E-state index contributed by atoms with van der Waals surface area (Å²) in [6.07, 6.45) is 10.8. The van der Waals surface area contributed by atoms with Crippen molar-refractivity contribution in [1.82, 2.24) is 14.9 Å². The molecule has 5 nitrogen and oxygen atoms in total. The van der Waals surface area contributed by atoms with Gasteiger partial charge in [-0.3, -0.25) is 4.79 Å². The van der Waals surface area contributed by atoms with Crippen molar-refractivity contribution in [1.29, 1.82) is 0 Å². The lowest BCUT2D eigenvalue weighted by Gasteiger charge is -2.37. The Hall–Kier alpha value is -1.36. The van der Waals surface area contributed by atoms with Crippen molar-refractivity contribution in [3.63, 3.8) is 0 Å². The standard InChI is InChI=1S/C16H25N3O2/c1-21-16(6-2-3-7-16)15(20)19-10-4-13(5-11-19)12-14-17-8-9-18-14/h8-9,13H,2-7,10-12H2,1H3,(H,17,18). The van der Waals surface area contributed by atoms with Crippen molar-refractivity contribution in [3.8, 4) is 0 Å². The van der Waals surface area contributed by atoms with Gasteiger partial charge in [0.1, 0.15) is 11.4 Å². The summed E-state index contributed by atoms with van der Waals surface area (Å²) in [5.74, 6) is 1.91. The van der Waals surface area contributed by atoms with Crippen molar-refractivity contribution in [2.75, 3.05) is 20.2 Å². The first-order valence-electron chi connectivity index (χ1n) is 8.06. The highest BCUT2D eigenvalue weighted by Crippen LogP contribution is 2.35. The highest BCUT2D eigenvalue weighted by Gasteiger charge is 2.44. The smallest absolute Gasteiger partial charge is 0.254 e. The van der Waals surface area contributed by atoms with Gasteiger partial charge in [0.25, 0.3) is 5.91 Å². The van der Waals surface area contributed by atoms with E-state index in [9.17, 15) is 4.79 Å². The third-order valence-electron chi connectivity index (χ3n) is 5.13. The molecule has 3 rings (SSSR count). The second-order valence-corrected chi connectivity index (χ2v) is 6.38. The molecule has 0 spiro atoms. The van der Waals surface area contributed by atoms with E-state index in [1.54, 1.807) is 13.3 Å². The zero-order valence-corrected chi connectivity index (χ0v) is 12.8. The second-order valence-electron chi connectivity index (χ2n) is 6.38. The Morgan fingerprint density at radius 1 is 1.43 bits per heavy atom. The fourth-order valence-electron chi connectivity index (χ4n) is 3.76. The lowest BCUT2D eigenvalue weighted by Crippen LogP contribution is -2.51. The molecule has 1 aromatic heterocycles. The number of hydrogen-bond donors (Lipinski definition) is 1. The van der Waals surface area contributed by atoms with E-state index in [1.807, 2.05) is 11.1 Å². The number of methoxy groups -OCH3 is 1. The monoisotopic (exact) mass is 291 g/mol. The summed E-state index contributed by atoms with van der Waals surface area (Å²) in [7, 11) is 1.69. The Labute approximate surface area is 126 Å². The number of rotatable bonds is 4. The van der Waals surface area contributed by atoms with Gasteiger partial charge in [-0.1, -0.05) is 0 Å². The number of nitrogens with zero attached hydrogens (tertiary/aromatic N) is 2. The molecule has 1 aromatic rings. The van der Waals surface area contributed by atoms with Crippen LogP contribution in [0.25, 0.3) is 0 Å². The molecule has 0 atom stereocenters. The predicted molar refractivity (Wildman–Crippen MR) is 79.8 cm³/mol. The number of likely N-dealkylation sites (tertiary alicyclic amines) is 1. The molecule has 116 valence electrons. The first-order chi connectivity index (χ1) is 10.2. The maximum atomic E-state index is 12.8. The molecule has 0 aromatic carbocycles. The van der Waals surface area contributed by atoms with Gasteiger partial charge in [-0.2, -0.15) is 0 Å². The summed E-state index contributed by atoms with van der Waals surface area (Å²) < 4.78 is 5.62. The molecule has 21 heavy (non-hydrogen) atoms. The van der Waals surface area contributed by atoms with Gasteiger partial charge < -0.3 is 14.6 Å². The molecule has 1 aliphatic carbocycles. The number of carbonyl (C=O) groups excluding carboxylic acids is 1. The van der Waals surface area contributed by atoms with Crippen LogP contribution in [0, 0.1) is 5.92 Å². The van der Waals surface area contributed by atoms with Crippen LogP contribution in [0.5, 0.6) is 0 Å². The van der Waals surface area contributed by atoms with Crippen molar-refractivity contribution < 1.29 is 9.53 Å². The van der Waals surface area contributed by atoms with Crippen molar-refractivity contribution in [2.45, 2.75) is 50.5 Å². The molecule has 1 N–H and O–H groups in total. The Kier molecular flexibility index (Phi) is 4.29. The quantitative estimate of drug-likeness (QED) is 0.924. The zero-order valence-electron chi connectivity index (χ0n) is 12.8. The van der Waals surface area contributed by atoms with Gasteiger partial charge in [-0.25, -0.2) is 4.98 Å². The molecular weight excluding hydrogens is 266 g/mol. The second kappa shape index (κ2) is 6.18. The Morgan fingerprint density at radius 3 is 2.71 bits per heavy atom. The maximum absolute atomic E-state index is 12.8. The number of amides is 1. The fraction of sp³-hybridized carbons (Fsp3) is 0.750. The number of piperidine rings is 1. The molecule has 2 heterocycles. The van der Waals surface area contributed by atoms with E-state index in [2.05, 4.69) is 9.97 Å². The third-order valence-corrected chi connectivity index (χ3v) is 5.13. The van der Waals surface area contributed by atoms with Gasteiger partial charge in [0, 0.05) is 39.0 Å². The van der Waals surface area contributed by atoms with Crippen molar-refractivity contribution >= 4 is 5.91 Å². The van der Waals surface area contributed by atoms with Gasteiger partial charge in [0.2, 0.25) is 0 Å².